The number of hydrogen-bond donors (Lipinski definition) is 3. The van der Waals surface area contributed by atoms with Crippen LogP contribution in [0.5, 0.6) is 0 Å². The minimum atomic E-state index is -1.16. The quantitative estimate of drug-likeness (QED) is 0.645. The van der Waals surface area contributed by atoms with Crippen molar-refractivity contribution in [2.45, 2.75) is 25.0 Å². The van der Waals surface area contributed by atoms with Crippen LogP contribution in [0, 0.1) is 5.82 Å². The summed E-state index contributed by atoms with van der Waals surface area (Å²) in [6.45, 7) is 0. The molecule has 0 heterocycles. The van der Waals surface area contributed by atoms with Crippen molar-refractivity contribution in [2.75, 3.05) is 0 Å². The molecule has 0 aromatic heterocycles. The lowest BCUT2D eigenvalue weighted by Crippen LogP contribution is -2.19. The minimum Gasteiger partial charge on any atom is -0.481 e. The van der Waals surface area contributed by atoms with Crippen LogP contribution in [0.4, 0.5) is 4.39 Å². The summed E-state index contributed by atoms with van der Waals surface area (Å²) in [6, 6.07) is 9.01. The second kappa shape index (κ2) is 9.14. The van der Waals surface area contributed by atoms with E-state index >= 15 is 0 Å². The van der Waals surface area contributed by atoms with Crippen molar-refractivity contribution >= 4 is 35.2 Å². The number of aliphatic carboxylic acids is 1. The van der Waals surface area contributed by atoms with Gasteiger partial charge in [0.05, 0.1) is 18.6 Å². The molecule has 0 fully saturated rings. The van der Waals surface area contributed by atoms with Gasteiger partial charge < -0.3 is 15.3 Å². The number of carboxylic acids is 1. The van der Waals surface area contributed by atoms with Crippen LogP contribution in [-0.2, 0) is 4.79 Å². The molecule has 0 amide bonds. The Morgan fingerprint density at radius 3 is 2.42 bits per heavy atom. The molecule has 138 valence electrons. The number of aliphatic hydroxyl groups is 2. The third kappa shape index (κ3) is 5.81. The van der Waals surface area contributed by atoms with Gasteiger partial charge in [0.2, 0.25) is 0 Å². The van der Waals surface area contributed by atoms with E-state index in [2.05, 4.69) is 0 Å². The number of carboxylic acid groups (broad SMARTS) is 1. The van der Waals surface area contributed by atoms with Gasteiger partial charge in [-0.2, -0.15) is 0 Å². The molecule has 26 heavy (non-hydrogen) atoms. The van der Waals surface area contributed by atoms with Gasteiger partial charge >= 0.3 is 5.97 Å². The normalized spacial score (nSPS) is 13.7. The first-order valence-electron chi connectivity index (χ1n) is 7.77. The smallest absolute Gasteiger partial charge is 0.305 e. The van der Waals surface area contributed by atoms with Gasteiger partial charge in [-0.1, -0.05) is 47.5 Å². The van der Waals surface area contributed by atoms with Crippen LogP contribution in [-0.4, -0.2) is 33.5 Å². The summed E-state index contributed by atoms with van der Waals surface area (Å²) in [5.41, 5.74) is 1.90. The highest BCUT2D eigenvalue weighted by Crippen LogP contribution is 2.34. The summed E-state index contributed by atoms with van der Waals surface area (Å²) in [6.07, 6.45) is 0.178. The Morgan fingerprint density at radius 2 is 1.81 bits per heavy atom. The van der Waals surface area contributed by atoms with Crippen LogP contribution >= 0.6 is 23.2 Å². The molecule has 0 saturated heterocycles. The van der Waals surface area contributed by atoms with Gasteiger partial charge in [0, 0.05) is 22.0 Å². The SMILES string of the molecule is O=C(O)CC(O)CC(O)/C=C/c1c(Cl)cc(Cl)cc1-c1ccc(F)cc1. The van der Waals surface area contributed by atoms with Crippen molar-refractivity contribution in [3.05, 3.63) is 63.9 Å². The topological polar surface area (TPSA) is 77.8 Å². The molecule has 0 saturated carbocycles. The maximum absolute atomic E-state index is 13.2. The first-order chi connectivity index (χ1) is 12.3. The van der Waals surface area contributed by atoms with Crippen molar-refractivity contribution in [2.24, 2.45) is 0 Å². The van der Waals surface area contributed by atoms with Crippen LogP contribution in [0.3, 0.4) is 0 Å². The van der Waals surface area contributed by atoms with E-state index in [-0.39, 0.29) is 12.2 Å². The zero-order chi connectivity index (χ0) is 19.3. The fraction of sp³-hybridized carbons (Fsp3) is 0.211. The lowest BCUT2D eigenvalue weighted by Gasteiger charge is -2.12. The number of carbonyl (C=O) groups is 1. The Bertz CT molecular complexity index is 806. The Labute approximate surface area is 160 Å². The van der Waals surface area contributed by atoms with Crippen LogP contribution in [0.1, 0.15) is 18.4 Å². The number of hydrogen-bond acceptors (Lipinski definition) is 3. The molecule has 0 aliphatic heterocycles. The number of halogens is 3. The van der Waals surface area contributed by atoms with E-state index in [4.69, 9.17) is 28.3 Å². The summed E-state index contributed by atoms with van der Waals surface area (Å²) in [5.74, 6) is -1.52. The van der Waals surface area contributed by atoms with E-state index in [0.29, 0.717) is 26.7 Å². The maximum atomic E-state index is 13.2. The van der Waals surface area contributed by atoms with Gasteiger partial charge in [-0.05, 0) is 35.4 Å². The average molecular weight is 399 g/mol. The Kier molecular flexibility index (Phi) is 7.17. The molecular formula is C19H17Cl2FO4. The lowest BCUT2D eigenvalue weighted by atomic mass is 9.98. The third-order valence-electron chi connectivity index (χ3n) is 3.66. The van der Waals surface area contributed by atoms with Crippen molar-refractivity contribution in [3.63, 3.8) is 0 Å². The summed E-state index contributed by atoms with van der Waals surface area (Å²) in [5, 5.41) is 28.9. The predicted octanol–water partition coefficient (Wildman–Crippen LogP) is 4.40. The molecule has 2 unspecified atom stereocenters. The molecule has 2 atom stereocenters. The molecule has 4 nitrogen and oxygen atoms in total. The molecule has 0 radical (unpaired) electrons. The van der Waals surface area contributed by atoms with E-state index in [9.17, 15) is 19.4 Å². The summed E-state index contributed by atoms with van der Waals surface area (Å²) >= 11 is 12.3. The van der Waals surface area contributed by atoms with Crippen LogP contribution in [0.25, 0.3) is 17.2 Å². The van der Waals surface area contributed by atoms with E-state index in [1.165, 1.54) is 18.2 Å². The zero-order valence-corrected chi connectivity index (χ0v) is 15.1. The highest BCUT2D eigenvalue weighted by molar-refractivity contribution is 6.36. The number of aliphatic hydroxyl groups excluding tert-OH is 2. The fourth-order valence-corrected chi connectivity index (χ4v) is 3.03. The van der Waals surface area contributed by atoms with E-state index in [0.717, 1.165) is 0 Å². The molecule has 0 spiro atoms. The van der Waals surface area contributed by atoms with E-state index < -0.39 is 24.6 Å². The highest BCUT2D eigenvalue weighted by atomic mass is 35.5. The standard InChI is InChI=1S/C19H17Cl2FO4/c20-12-7-17(11-1-3-13(22)4-2-11)16(18(21)8-12)6-5-14(23)9-15(24)10-19(25)26/h1-8,14-15,23-24H,9-10H2,(H,25,26)/b6-5+. The predicted molar refractivity (Wildman–Crippen MR) is 99.8 cm³/mol. The average Bonchev–Trinajstić information content (AvgIpc) is 2.53. The number of benzene rings is 2. The van der Waals surface area contributed by atoms with Crippen LogP contribution in [0.15, 0.2) is 42.5 Å². The fourth-order valence-electron chi connectivity index (χ4n) is 2.47. The Balaban J connectivity index is 2.28. The molecule has 7 heteroatoms. The van der Waals surface area contributed by atoms with Gasteiger partial charge in [-0.25, -0.2) is 4.39 Å². The van der Waals surface area contributed by atoms with Crippen molar-refractivity contribution in [3.8, 4) is 11.1 Å². The van der Waals surface area contributed by atoms with Crippen molar-refractivity contribution < 1.29 is 24.5 Å². The lowest BCUT2D eigenvalue weighted by molar-refractivity contribution is -0.139. The third-order valence-corrected chi connectivity index (χ3v) is 4.19. The van der Waals surface area contributed by atoms with Crippen LogP contribution < -0.4 is 0 Å². The van der Waals surface area contributed by atoms with Gasteiger partial charge in [0.1, 0.15) is 5.82 Å². The van der Waals surface area contributed by atoms with E-state index in [1.807, 2.05) is 0 Å². The van der Waals surface area contributed by atoms with Gasteiger partial charge in [0.25, 0.3) is 0 Å². The molecule has 2 rings (SSSR count). The first-order valence-corrected chi connectivity index (χ1v) is 8.53. The molecule has 2 aromatic rings. The van der Waals surface area contributed by atoms with Crippen LogP contribution in [0.2, 0.25) is 10.0 Å². The summed E-state index contributed by atoms with van der Waals surface area (Å²) in [4.78, 5) is 10.6. The molecule has 0 bridgehead atoms. The van der Waals surface area contributed by atoms with Gasteiger partial charge in [-0.15, -0.1) is 0 Å². The summed E-state index contributed by atoms with van der Waals surface area (Å²) in [7, 11) is 0. The van der Waals surface area contributed by atoms with Crippen molar-refractivity contribution in [1.82, 2.24) is 0 Å². The minimum absolute atomic E-state index is 0.125. The van der Waals surface area contributed by atoms with Gasteiger partial charge in [-0.3, -0.25) is 4.79 Å². The van der Waals surface area contributed by atoms with E-state index in [1.54, 1.807) is 30.3 Å². The zero-order valence-electron chi connectivity index (χ0n) is 13.6. The molecule has 2 aromatic carbocycles. The number of rotatable bonds is 7. The van der Waals surface area contributed by atoms with Crippen molar-refractivity contribution in [1.29, 1.82) is 0 Å². The first kappa shape index (κ1) is 20.4. The molecule has 0 aliphatic rings. The Morgan fingerprint density at radius 1 is 1.15 bits per heavy atom. The molecule has 3 N–H and O–H groups in total. The monoisotopic (exact) mass is 398 g/mol. The molecule has 0 aliphatic carbocycles. The summed E-state index contributed by atoms with van der Waals surface area (Å²) < 4.78 is 13.2. The molecular weight excluding hydrogens is 382 g/mol. The maximum Gasteiger partial charge on any atom is 0.305 e. The second-order valence-corrected chi connectivity index (χ2v) is 6.61. The van der Waals surface area contributed by atoms with Gasteiger partial charge in [0.15, 0.2) is 0 Å². The second-order valence-electron chi connectivity index (χ2n) is 5.77. The largest absolute Gasteiger partial charge is 0.481 e. The Hall–Kier alpha value is -1.92. The highest BCUT2D eigenvalue weighted by Gasteiger charge is 2.14.